The molecule has 0 saturated carbocycles. The van der Waals surface area contributed by atoms with E-state index in [1.54, 1.807) is 18.2 Å². The van der Waals surface area contributed by atoms with Crippen LogP contribution in [0.15, 0.2) is 24.3 Å². The first-order valence-corrected chi connectivity index (χ1v) is 8.25. The van der Waals surface area contributed by atoms with Gasteiger partial charge in [0.25, 0.3) is 0 Å². The maximum absolute atomic E-state index is 13.9. The van der Waals surface area contributed by atoms with Crippen molar-refractivity contribution in [1.29, 1.82) is 0 Å². The van der Waals surface area contributed by atoms with Gasteiger partial charge in [-0.25, -0.2) is 9.18 Å². The van der Waals surface area contributed by atoms with E-state index in [-0.39, 0.29) is 24.2 Å². The molecule has 2 fully saturated rings. The fourth-order valence-corrected chi connectivity index (χ4v) is 3.21. The summed E-state index contributed by atoms with van der Waals surface area (Å²) in [6.45, 7) is 2.50. The maximum Gasteiger partial charge on any atom is 0.325 e. The molecule has 1 aromatic carbocycles. The minimum Gasteiger partial charge on any atom is -0.341 e. The third-order valence-electron chi connectivity index (χ3n) is 4.52. The van der Waals surface area contributed by atoms with Crippen LogP contribution in [-0.4, -0.2) is 54.5 Å². The number of rotatable bonds is 3. The maximum atomic E-state index is 13.9. The highest BCUT2D eigenvalue weighted by atomic mass is 19.1. The van der Waals surface area contributed by atoms with Crippen LogP contribution < -0.4 is 4.90 Å². The normalized spacial score (nSPS) is 19.2. The van der Waals surface area contributed by atoms with Gasteiger partial charge in [0.05, 0.1) is 5.69 Å². The smallest absolute Gasteiger partial charge is 0.325 e. The molecule has 124 valence electrons. The van der Waals surface area contributed by atoms with Crippen molar-refractivity contribution in [2.45, 2.75) is 25.7 Å². The van der Waals surface area contributed by atoms with Crippen molar-refractivity contribution in [3.63, 3.8) is 0 Å². The fraction of sp³-hybridized carbons (Fsp3) is 0.529. The lowest BCUT2D eigenvalue weighted by molar-refractivity contribution is -0.131. The Morgan fingerprint density at radius 1 is 1.00 bits per heavy atom. The number of nitrogens with zero attached hydrogens (tertiary/aromatic N) is 3. The summed E-state index contributed by atoms with van der Waals surface area (Å²) in [6.07, 6.45) is 4.38. The van der Waals surface area contributed by atoms with Gasteiger partial charge in [0.2, 0.25) is 5.91 Å². The molecule has 0 atom stereocenters. The lowest BCUT2D eigenvalue weighted by Crippen LogP contribution is -2.42. The van der Waals surface area contributed by atoms with Crippen molar-refractivity contribution in [1.82, 2.24) is 9.80 Å². The molecule has 1 aromatic rings. The second kappa shape index (κ2) is 6.98. The number of carbonyl (C=O) groups excluding carboxylic acids is 2. The average molecular weight is 319 g/mol. The predicted molar refractivity (Wildman–Crippen MR) is 85.8 cm³/mol. The van der Waals surface area contributed by atoms with Crippen molar-refractivity contribution in [2.75, 3.05) is 37.6 Å². The van der Waals surface area contributed by atoms with Crippen LogP contribution in [-0.2, 0) is 4.79 Å². The van der Waals surface area contributed by atoms with Crippen LogP contribution in [0, 0.1) is 5.82 Å². The van der Waals surface area contributed by atoms with Gasteiger partial charge in [-0.05, 0) is 25.0 Å². The highest BCUT2D eigenvalue weighted by Crippen LogP contribution is 2.23. The Morgan fingerprint density at radius 2 is 1.70 bits per heavy atom. The Hall–Kier alpha value is -2.11. The largest absolute Gasteiger partial charge is 0.341 e. The molecule has 0 N–H and O–H groups in total. The van der Waals surface area contributed by atoms with Crippen LogP contribution in [0.4, 0.5) is 14.9 Å². The van der Waals surface area contributed by atoms with Gasteiger partial charge in [0.1, 0.15) is 12.4 Å². The van der Waals surface area contributed by atoms with Crippen LogP contribution in [0.2, 0.25) is 0 Å². The Labute approximate surface area is 135 Å². The number of benzene rings is 1. The average Bonchev–Trinajstić information content (AvgIpc) is 2.78. The van der Waals surface area contributed by atoms with Crippen LogP contribution in [0.5, 0.6) is 0 Å². The molecule has 2 heterocycles. The standard InChI is InChI=1S/C17H22FN3O2/c18-14-7-3-4-8-15(14)21-12-11-20(17(21)23)13-16(22)19-9-5-1-2-6-10-19/h3-4,7-8H,1-2,5-6,9-13H2. The summed E-state index contributed by atoms with van der Waals surface area (Å²) in [6, 6.07) is 5.94. The first-order valence-electron chi connectivity index (χ1n) is 8.25. The van der Waals surface area contributed by atoms with Gasteiger partial charge in [0.15, 0.2) is 0 Å². The summed E-state index contributed by atoms with van der Waals surface area (Å²) in [7, 11) is 0. The number of hydrogen-bond acceptors (Lipinski definition) is 2. The van der Waals surface area contributed by atoms with Crippen LogP contribution in [0.3, 0.4) is 0 Å². The van der Waals surface area contributed by atoms with Gasteiger partial charge in [-0.1, -0.05) is 25.0 Å². The van der Waals surface area contributed by atoms with Gasteiger partial charge in [-0.3, -0.25) is 9.69 Å². The third kappa shape index (κ3) is 3.46. The fourth-order valence-electron chi connectivity index (χ4n) is 3.21. The van der Waals surface area contributed by atoms with E-state index in [1.165, 1.54) is 15.9 Å². The molecule has 3 amide bonds. The zero-order valence-corrected chi connectivity index (χ0v) is 13.2. The van der Waals surface area contributed by atoms with Crippen molar-refractivity contribution in [3.05, 3.63) is 30.1 Å². The Balaban J connectivity index is 1.63. The number of hydrogen-bond donors (Lipinski definition) is 0. The molecule has 23 heavy (non-hydrogen) atoms. The monoisotopic (exact) mass is 319 g/mol. The molecule has 5 nitrogen and oxygen atoms in total. The molecule has 6 heteroatoms. The molecule has 2 aliphatic heterocycles. The zero-order chi connectivity index (χ0) is 16.2. The second-order valence-corrected chi connectivity index (χ2v) is 6.10. The molecule has 2 saturated heterocycles. The molecular formula is C17H22FN3O2. The number of likely N-dealkylation sites (tertiary alicyclic amines) is 1. The highest BCUT2D eigenvalue weighted by molar-refractivity contribution is 5.96. The molecule has 0 spiro atoms. The topological polar surface area (TPSA) is 43.9 Å². The van der Waals surface area contributed by atoms with Crippen LogP contribution in [0.25, 0.3) is 0 Å². The van der Waals surface area contributed by atoms with E-state index >= 15 is 0 Å². The number of urea groups is 1. The highest BCUT2D eigenvalue weighted by Gasteiger charge is 2.33. The lowest BCUT2D eigenvalue weighted by atomic mass is 10.2. The van der Waals surface area contributed by atoms with Crippen LogP contribution >= 0.6 is 0 Å². The Kier molecular flexibility index (Phi) is 4.79. The molecule has 0 bridgehead atoms. The first-order chi connectivity index (χ1) is 11.2. The minimum atomic E-state index is -0.415. The number of para-hydroxylation sites is 1. The lowest BCUT2D eigenvalue weighted by Gasteiger charge is -2.24. The summed E-state index contributed by atoms with van der Waals surface area (Å²) in [5, 5.41) is 0. The molecule has 2 aliphatic rings. The van der Waals surface area contributed by atoms with E-state index in [0.717, 1.165) is 38.8 Å². The number of halogens is 1. The molecule has 0 unspecified atom stereocenters. The summed E-state index contributed by atoms with van der Waals surface area (Å²) < 4.78 is 13.9. The van der Waals surface area contributed by atoms with Gasteiger partial charge in [-0.15, -0.1) is 0 Å². The van der Waals surface area contributed by atoms with Gasteiger partial charge < -0.3 is 9.80 Å². The van der Waals surface area contributed by atoms with Crippen molar-refractivity contribution in [3.8, 4) is 0 Å². The van der Waals surface area contributed by atoms with E-state index in [1.807, 2.05) is 4.90 Å². The summed E-state index contributed by atoms with van der Waals surface area (Å²) in [4.78, 5) is 29.6. The molecule has 0 aromatic heterocycles. The summed E-state index contributed by atoms with van der Waals surface area (Å²) in [5.74, 6) is -0.419. The number of amides is 3. The summed E-state index contributed by atoms with van der Waals surface area (Å²) >= 11 is 0. The Bertz CT molecular complexity index is 585. The molecule has 0 radical (unpaired) electrons. The Morgan fingerprint density at radius 3 is 2.39 bits per heavy atom. The summed E-state index contributed by atoms with van der Waals surface area (Å²) in [5.41, 5.74) is 0.280. The second-order valence-electron chi connectivity index (χ2n) is 6.10. The van der Waals surface area contributed by atoms with Gasteiger partial charge in [0, 0.05) is 26.2 Å². The van der Waals surface area contributed by atoms with E-state index < -0.39 is 5.82 Å². The van der Waals surface area contributed by atoms with Crippen molar-refractivity contribution in [2.24, 2.45) is 0 Å². The van der Waals surface area contributed by atoms with E-state index in [2.05, 4.69) is 0 Å². The molecule has 0 aliphatic carbocycles. The van der Waals surface area contributed by atoms with Gasteiger partial charge >= 0.3 is 6.03 Å². The quantitative estimate of drug-likeness (QED) is 0.859. The predicted octanol–water partition coefficient (Wildman–Crippen LogP) is 2.47. The first kappa shape index (κ1) is 15.8. The van der Waals surface area contributed by atoms with Crippen LogP contribution in [0.1, 0.15) is 25.7 Å². The molecular weight excluding hydrogens is 297 g/mol. The number of anilines is 1. The minimum absolute atomic E-state index is 0.00404. The number of carbonyl (C=O) groups is 2. The van der Waals surface area contributed by atoms with Gasteiger partial charge in [-0.2, -0.15) is 0 Å². The van der Waals surface area contributed by atoms with Crippen molar-refractivity contribution >= 4 is 17.6 Å². The SMILES string of the molecule is O=C(CN1CCN(c2ccccc2F)C1=O)N1CCCCCC1. The zero-order valence-electron chi connectivity index (χ0n) is 13.2. The van der Waals surface area contributed by atoms with E-state index in [4.69, 9.17) is 0 Å². The van der Waals surface area contributed by atoms with Crippen molar-refractivity contribution < 1.29 is 14.0 Å². The van der Waals surface area contributed by atoms with E-state index in [0.29, 0.717) is 13.1 Å². The van der Waals surface area contributed by atoms with E-state index in [9.17, 15) is 14.0 Å². The third-order valence-corrected chi connectivity index (χ3v) is 4.52. The molecule has 3 rings (SSSR count).